The van der Waals surface area contributed by atoms with Crippen LogP contribution in [-0.2, 0) is 0 Å². The van der Waals surface area contributed by atoms with Crippen LogP contribution in [0.4, 0.5) is 4.39 Å². The zero-order valence-corrected chi connectivity index (χ0v) is 9.07. The van der Waals surface area contributed by atoms with E-state index >= 15 is 0 Å². The Balaban J connectivity index is 2.50. The van der Waals surface area contributed by atoms with Gasteiger partial charge in [-0.2, -0.15) is 0 Å². The molecular weight excluding hydrogens is 233 g/mol. The molecule has 2 aromatic rings. The van der Waals surface area contributed by atoms with Crippen LogP contribution in [0, 0.1) is 5.82 Å². The topological polar surface area (TPSA) is 47.8 Å². The molecule has 1 aromatic heterocycles. The minimum Gasteiger partial charge on any atom is -0.293 e. The first kappa shape index (κ1) is 10.8. The van der Waals surface area contributed by atoms with E-state index in [2.05, 4.69) is 10.3 Å². The number of benzene rings is 1. The first-order valence-corrected chi connectivity index (χ1v) is 4.85. The van der Waals surface area contributed by atoms with Crippen LogP contribution in [0.5, 0.6) is 0 Å². The van der Waals surface area contributed by atoms with Crippen molar-refractivity contribution in [2.45, 2.75) is 6.92 Å². The van der Waals surface area contributed by atoms with Crippen LogP contribution in [0.15, 0.2) is 24.4 Å². The maximum Gasteiger partial charge on any atom is 0.181 e. The molecule has 0 aliphatic carbocycles. The van der Waals surface area contributed by atoms with Gasteiger partial charge in [-0.05, 0) is 12.1 Å². The van der Waals surface area contributed by atoms with E-state index in [-0.39, 0.29) is 22.2 Å². The Morgan fingerprint density at radius 1 is 1.50 bits per heavy atom. The van der Waals surface area contributed by atoms with Crippen molar-refractivity contribution in [3.05, 3.63) is 40.9 Å². The highest BCUT2D eigenvalue weighted by Gasteiger charge is 2.11. The van der Waals surface area contributed by atoms with Crippen LogP contribution >= 0.6 is 11.6 Å². The van der Waals surface area contributed by atoms with Crippen molar-refractivity contribution in [2.75, 3.05) is 0 Å². The SMILES string of the molecule is CC(=O)c1cn(-c2cccc(Cl)c2F)nn1. The molecule has 0 N–H and O–H groups in total. The van der Waals surface area contributed by atoms with Gasteiger partial charge in [0, 0.05) is 6.92 Å². The van der Waals surface area contributed by atoms with Gasteiger partial charge >= 0.3 is 0 Å². The Bertz CT molecular complexity index is 553. The summed E-state index contributed by atoms with van der Waals surface area (Å²) in [6, 6.07) is 4.53. The van der Waals surface area contributed by atoms with Crippen molar-refractivity contribution >= 4 is 17.4 Å². The standard InChI is InChI=1S/C10H7ClFN3O/c1-6(16)8-5-15(14-13-8)9-4-2-3-7(11)10(9)12/h2-5H,1H3. The normalized spacial score (nSPS) is 10.4. The first-order valence-electron chi connectivity index (χ1n) is 4.47. The van der Waals surface area contributed by atoms with Crippen LogP contribution in [0.2, 0.25) is 5.02 Å². The molecule has 0 aliphatic heterocycles. The third kappa shape index (κ3) is 1.81. The van der Waals surface area contributed by atoms with Gasteiger partial charge in [-0.3, -0.25) is 4.79 Å². The molecule has 0 radical (unpaired) electrons. The highest BCUT2D eigenvalue weighted by atomic mass is 35.5. The molecule has 82 valence electrons. The third-order valence-corrected chi connectivity index (χ3v) is 2.32. The summed E-state index contributed by atoms with van der Waals surface area (Å²) in [6.45, 7) is 1.36. The summed E-state index contributed by atoms with van der Waals surface area (Å²) in [4.78, 5) is 11.0. The van der Waals surface area contributed by atoms with Gasteiger partial charge in [0.1, 0.15) is 11.4 Å². The number of hydrogen-bond acceptors (Lipinski definition) is 3. The molecule has 16 heavy (non-hydrogen) atoms. The Hall–Kier alpha value is -1.75. The minimum absolute atomic E-state index is 0.00243. The van der Waals surface area contributed by atoms with Crippen LogP contribution < -0.4 is 0 Å². The van der Waals surface area contributed by atoms with Gasteiger partial charge in [-0.1, -0.05) is 22.9 Å². The maximum absolute atomic E-state index is 13.6. The van der Waals surface area contributed by atoms with Gasteiger partial charge in [0.05, 0.1) is 11.2 Å². The fraction of sp³-hybridized carbons (Fsp3) is 0.100. The Labute approximate surface area is 95.6 Å². The second kappa shape index (κ2) is 4.02. The molecule has 0 fully saturated rings. The summed E-state index contributed by atoms with van der Waals surface area (Å²) >= 11 is 5.63. The van der Waals surface area contributed by atoms with E-state index in [1.165, 1.54) is 29.9 Å². The lowest BCUT2D eigenvalue weighted by Gasteiger charge is -2.02. The molecule has 6 heteroatoms. The molecule has 0 bridgehead atoms. The second-order valence-corrected chi connectivity index (χ2v) is 3.58. The number of rotatable bonds is 2. The van der Waals surface area contributed by atoms with Gasteiger partial charge in [0.2, 0.25) is 0 Å². The van der Waals surface area contributed by atoms with Crippen LogP contribution in [0.25, 0.3) is 5.69 Å². The zero-order chi connectivity index (χ0) is 11.7. The zero-order valence-electron chi connectivity index (χ0n) is 8.32. The predicted molar refractivity (Wildman–Crippen MR) is 56.3 cm³/mol. The summed E-state index contributed by atoms with van der Waals surface area (Å²) < 4.78 is 14.8. The Morgan fingerprint density at radius 3 is 2.88 bits per heavy atom. The molecule has 1 aromatic carbocycles. The lowest BCUT2D eigenvalue weighted by atomic mass is 10.3. The quantitative estimate of drug-likeness (QED) is 0.756. The highest BCUT2D eigenvalue weighted by molar-refractivity contribution is 6.30. The largest absolute Gasteiger partial charge is 0.293 e. The Morgan fingerprint density at radius 2 is 2.25 bits per heavy atom. The van der Waals surface area contributed by atoms with Crippen LogP contribution in [-0.4, -0.2) is 20.8 Å². The van der Waals surface area contributed by atoms with Crippen molar-refractivity contribution in [1.29, 1.82) is 0 Å². The molecule has 1 heterocycles. The van der Waals surface area contributed by atoms with E-state index in [0.717, 1.165) is 0 Å². The van der Waals surface area contributed by atoms with E-state index < -0.39 is 5.82 Å². The number of aromatic nitrogens is 3. The molecule has 0 aliphatic rings. The number of carbonyl (C=O) groups excluding carboxylic acids is 1. The molecule has 0 atom stereocenters. The summed E-state index contributed by atoms with van der Waals surface area (Å²) in [7, 11) is 0. The van der Waals surface area contributed by atoms with E-state index in [0.29, 0.717) is 0 Å². The average molecular weight is 240 g/mol. The van der Waals surface area contributed by atoms with Gasteiger partial charge in [-0.25, -0.2) is 9.07 Å². The molecular formula is C10H7ClFN3O. The fourth-order valence-corrected chi connectivity index (χ4v) is 1.38. The predicted octanol–water partition coefficient (Wildman–Crippen LogP) is 2.26. The van der Waals surface area contributed by atoms with E-state index in [1.54, 1.807) is 6.07 Å². The molecule has 0 spiro atoms. The van der Waals surface area contributed by atoms with Crippen molar-refractivity contribution in [1.82, 2.24) is 15.0 Å². The summed E-state index contributed by atoms with van der Waals surface area (Å²) in [5, 5.41) is 7.27. The van der Waals surface area contributed by atoms with E-state index in [1.807, 2.05) is 0 Å². The average Bonchev–Trinajstić information content (AvgIpc) is 2.71. The van der Waals surface area contributed by atoms with Crippen molar-refractivity contribution in [3.8, 4) is 5.69 Å². The van der Waals surface area contributed by atoms with Gasteiger partial charge < -0.3 is 0 Å². The highest BCUT2D eigenvalue weighted by Crippen LogP contribution is 2.20. The van der Waals surface area contributed by atoms with E-state index in [4.69, 9.17) is 11.6 Å². The van der Waals surface area contributed by atoms with E-state index in [9.17, 15) is 9.18 Å². The number of ketones is 1. The maximum atomic E-state index is 13.6. The van der Waals surface area contributed by atoms with Crippen LogP contribution in [0.1, 0.15) is 17.4 Å². The smallest absolute Gasteiger partial charge is 0.181 e. The van der Waals surface area contributed by atoms with Gasteiger partial charge in [0.15, 0.2) is 11.6 Å². The fourth-order valence-electron chi connectivity index (χ4n) is 1.21. The number of nitrogens with zero attached hydrogens (tertiary/aromatic N) is 3. The number of Topliss-reactive ketones (excluding diaryl/α,β-unsaturated/α-hetero) is 1. The lowest BCUT2D eigenvalue weighted by molar-refractivity contribution is 0.101. The van der Waals surface area contributed by atoms with Crippen LogP contribution in [0.3, 0.4) is 0 Å². The van der Waals surface area contributed by atoms with Crippen molar-refractivity contribution < 1.29 is 9.18 Å². The van der Waals surface area contributed by atoms with Gasteiger partial charge in [-0.15, -0.1) is 5.10 Å². The number of halogens is 2. The van der Waals surface area contributed by atoms with Crippen molar-refractivity contribution in [3.63, 3.8) is 0 Å². The molecule has 4 nitrogen and oxygen atoms in total. The number of carbonyl (C=O) groups is 1. The number of hydrogen-bond donors (Lipinski definition) is 0. The monoisotopic (exact) mass is 239 g/mol. The molecule has 0 amide bonds. The Kier molecular flexibility index (Phi) is 2.70. The first-order chi connectivity index (χ1) is 7.59. The molecule has 0 saturated carbocycles. The molecule has 0 unspecified atom stereocenters. The molecule has 0 saturated heterocycles. The molecule has 2 rings (SSSR count). The lowest BCUT2D eigenvalue weighted by Crippen LogP contribution is -1.98. The second-order valence-electron chi connectivity index (χ2n) is 3.18. The minimum atomic E-state index is -0.593. The van der Waals surface area contributed by atoms with Crippen molar-refractivity contribution in [2.24, 2.45) is 0 Å². The summed E-state index contributed by atoms with van der Waals surface area (Å²) in [5.41, 5.74) is 0.340. The third-order valence-electron chi connectivity index (χ3n) is 2.03. The summed E-state index contributed by atoms with van der Waals surface area (Å²) in [6.07, 6.45) is 1.36. The van der Waals surface area contributed by atoms with Gasteiger partial charge in [0.25, 0.3) is 0 Å². The summed E-state index contributed by atoms with van der Waals surface area (Å²) in [5.74, 6) is -0.821.